The van der Waals surface area contributed by atoms with Gasteiger partial charge in [-0.1, -0.05) is 38.0 Å². The molecule has 2 fully saturated rings. The highest BCUT2D eigenvalue weighted by molar-refractivity contribution is 6.02. The number of hydrogen-bond acceptors (Lipinski definition) is 9. The number of hydrogen-bond donors (Lipinski definition) is 3. The SMILES string of the molecule is C=CC(=O)Nc1cc(Nc2ncnc(Nc3cccc(C)c3)n2)c(OC)cc1N1CCN(CC2CCCCC2)CC1. The summed E-state index contributed by atoms with van der Waals surface area (Å²) in [4.78, 5) is 30.4. The first-order valence-corrected chi connectivity index (χ1v) is 14.4. The minimum Gasteiger partial charge on any atom is -0.494 e. The zero-order valence-corrected chi connectivity index (χ0v) is 24.0. The topological polar surface area (TPSA) is 108 Å². The van der Waals surface area contributed by atoms with Crippen molar-refractivity contribution in [2.24, 2.45) is 5.92 Å². The fourth-order valence-electron chi connectivity index (χ4n) is 5.68. The highest BCUT2D eigenvalue weighted by atomic mass is 16.5. The number of methoxy groups -OCH3 is 1. The summed E-state index contributed by atoms with van der Waals surface area (Å²) in [5.41, 5.74) is 4.23. The van der Waals surface area contributed by atoms with Gasteiger partial charge < -0.3 is 25.6 Å². The number of nitrogens with zero attached hydrogens (tertiary/aromatic N) is 5. The molecule has 2 aromatic carbocycles. The minimum atomic E-state index is -0.275. The van der Waals surface area contributed by atoms with E-state index in [2.05, 4.69) is 47.3 Å². The van der Waals surface area contributed by atoms with Crippen LogP contribution in [0.5, 0.6) is 5.75 Å². The van der Waals surface area contributed by atoms with Crippen molar-refractivity contribution in [3.05, 3.63) is 60.9 Å². The third-order valence-corrected chi connectivity index (χ3v) is 7.81. The number of carbonyl (C=O) groups excluding carboxylic acids is 1. The summed E-state index contributed by atoms with van der Waals surface area (Å²) < 4.78 is 5.78. The van der Waals surface area contributed by atoms with Crippen molar-refractivity contribution in [3.8, 4) is 5.75 Å². The van der Waals surface area contributed by atoms with E-state index < -0.39 is 0 Å². The van der Waals surface area contributed by atoms with Gasteiger partial charge in [0.1, 0.15) is 12.1 Å². The Balaban J connectivity index is 1.34. The molecule has 41 heavy (non-hydrogen) atoms. The number of nitrogens with one attached hydrogen (secondary N) is 3. The first kappa shape index (κ1) is 28.4. The highest BCUT2D eigenvalue weighted by Gasteiger charge is 2.24. The number of ether oxygens (including phenoxy) is 1. The molecule has 2 heterocycles. The van der Waals surface area contributed by atoms with Crippen LogP contribution in [0.2, 0.25) is 0 Å². The van der Waals surface area contributed by atoms with E-state index in [-0.39, 0.29) is 5.91 Å². The van der Waals surface area contributed by atoms with E-state index in [9.17, 15) is 4.79 Å². The van der Waals surface area contributed by atoms with Gasteiger partial charge in [-0.05, 0) is 55.5 Å². The lowest BCUT2D eigenvalue weighted by Crippen LogP contribution is -2.48. The predicted octanol–water partition coefficient (Wildman–Crippen LogP) is 5.50. The Morgan fingerprint density at radius 1 is 1.02 bits per heavy atom. The maximum atomic E-state index is 12.4. The molecule has 3 aromatic rings. The first-order valence-electron chi connectivity index (χ1n) is 14.4. The summed E-state index contributed by atoms with van der Waals surface area (Å²) in [5.74, 6) is 1.93. The Hall–Kier alpha value is -4.18. The smallest absolute Gasteiger partial charge is 0.247 e. The molecule has 3 N–H and O–H groups in total. The van der Waals surface area contributed by atoms with Crippen LogP contribution in [0, 0.1) is 12.8 Å². The van der Waals surface area contributed by atoms with Crippen LogP contribution in [0.15, 0.2) is 55.4 Å². The Kier molecular flexibility index (Phi) is 9.30. The minimum absolute atomic E-state index is 0.275. The number of aryl methyl sites for hydroxylation is 1. The average molecular weight is 557 g/mol. The second kappa shape index (κ2) is 13.5. The van der Waals surface area contributed by atoms with Crippen molar-refractivity contribution < 1.29 is 9.53 Å². The molecule has 0 radical (unpaired) electrons. The second-order valence-electron chi connectivity index (χ2n) is 10.8. The molecule has 1 aliphatic carbocycles. The molecule has 1 aromatic heterocycles. The van der Waals surface area contributed by atoms with Gasteiger partial charge in [0.25, 0.3) is 0 Å². The number of anilines is 6. The molecule has 5 rings (SSSR count). The third-order valence-electron chi connectivity index (χ3n) is 7.81. The lowest BCUT2D eigenvalue weighted by atomic mass is 9.89. The normalized spacial score (nSPS) is 16.2. The maximum absolute atomic E-state index is 12.4. The van der Waals surface area contributed by atoms with Crippen LogP contribution >= 0.6 is 0 Å². The van der Waals surface area contributed by atoms with E-state index in [0.717, 1.165) is 49.0 Å². The fraction of sp³-hybridized carbons (Fsp3) is 0.419. The van der Waals surface area contributed by atoms with Crippen LogP contribution in [0.4, 0.5) is 34.6 Å². The van der Waals surface area contributed by atoms with Crippen molar-refractivity contribution in [2.75, 3.05) is 60.7 Å². The zero-order valence-electron chi connectivity index (χ0n) is 24.0. The summed E-state index contributed by atoms with van der Waals surface area (Å²) in [6.07, 6.45) is 9.55. The lowest BCUT2D eigenvalue weighted by molar-refractivity contribution is -0.111. The first-order chi connectivity index (χ1) is 20.0. The molecule has 0 atom stereocenters. The Morgan fingerprint density at radius 2 is 1.78 bits per heavy atom. The van der Waals surface area contributed by atoms with Crippen LogP contribution in [-0.4, -0.2) is 65.6 Å². The molecule has 1 saturated carbocycles. The number of aromatic nitrogens is 3. The van der Waals surface area contributed by atoms with Crippen molar-refractivity contribution >= 4 is 40.6 Å². The molecule has 1 saturated heterocycles. The number of benzene rings is 2. The molecule has 1 aliphatic heterocycles. The second-order valence-corrected chi connectivity index (χ2v) is 10.8. The van der Waals surface area contributed by atoms with Crippen LogP contribution in [0.25, 0.3) is 0 Å². The van der Waals surface area contributed by atoms with Gasteiger partial charge in [0.2, 0.25) is 17.8 Å². The van der Waals surface area contributed by atoms with Crippen LogP contribution in [-0.2, 0) is 4.79 Å². The molecule has 2 aliphatic rings. The van der Waals surface area contributed by atoms with Gasteiger partial charge in [-0.2, -0.15) is 4.98 Å². The van der Waals surface area contributed by atoms with E-state index in [0.29, 0.717) is 29.0 Å². The number of carbonyl (C=O) groups is 1. The van der Waals surface area contributed by atoms with E-state index in [1.54, 1.807) is 7.11 Å². The van der Waals surface area contributed by atoms with Crippen molar-refractivity contribution in [1.29, 1.82) is 0 Å². The molecular formula is C31H40N8O2. The Morgan fingerprint density at radius 3 is 2.49 bits per heavy atom. The summed E-state index contributed by atoms with van der Waals surface area (Å²) >= 11 is 0. The number of piperazine rings is 1. The molecular weight excluding hydrogens is 516 g/mol. The fourth-order valence-corrected chi connectivity index (χ4v) is 5.68. The van der Waals surface area contributed by atoms with Crippen molar-refractivity contribution in [3.63, 3.8) is 0 Å². The van der Waals surface area contributed by atoms with Crippen LogP contribution < -0.4 is 25.6 Å². The van der Waals surface area contributed by atoms with E-state index >= 15 is 0 Å². The van der Waals surface area contributed by atoms with Gasteiger partial charge >= 0.3 is 0 Å². The molecule has 0 unspecified atom stereocenters. The molecule has 10 heteroatoms. The lowest BCUT2D eigenvalue weighted by Gasteiger charge is -2.39. The average Bonchev–Trinajstić information content (AvgIpc) is 2.98. The largest absolute Gasteiger partial charge is 0.494 e. The molecule has 0 spiro atoms. The van der Waals surface area contributed by atoms with E-state index in [1.165, 1.54) is 51.1 Å². The monoisotopic (exact) mass is 556 g/mol. The van der Waals surface area contributed by atoms with E-state index in [1.807, 2.05) is 43.3 Å². The van der Waals surface area contributed by atoms with Crippen molar-refractivity contribution in [2.45, 2.75) is 39.0 Å². The van der Waals surface area contributed by atoms with Crippen LogP contribution in [0.1, 0.15) is 37.7 Å². The predicted molar refractivity (Wildman–Crippen MR) is 165 cm³/mol. The Bertz CT molecular complexity index is 1350. The molecule has 216 valence electrons. The molecule has 1 amide bonds. The standard InChI is InChI=1S/C31H40N8O2/c1-4-29(40)35-25-18-26(36-31-33-21-32-30(37-31)34-24-12-8-9-22(2)17-24)28(41-3)19-27(25)39-15-13-38(14-16-39)20-23-10-6-5-7-11-23/h4,8-9,12,17-19,21,23H,1,5-7,10-11,13-16,20H2,2-3H3,(H,35,40)(H2,32,33,34,36,37). The summed E-state index contributed by atoms with van der Waals surface area (Å²) in [7, 11) is 1.63. The number of amides is 1. The van der Waals surface area contributed by atoms with Gasteiger partial charge in [0.15, 0.2) is 0 Å². The maximum Gasteiger partial charge on any atom is 0.247 e. The van der Waals surface area contributed by atoms with Crippen LogP contribution in [0.3, 0.4) is 0 Å². The van der Waals surface area contributed by atoms with E-state index in [4.69, 9.17) is 4.74 Å². The molecule has 10 nitrogen and oxygen atoms in total. The summed E-state index contributed by atoms with van der Waals surface area (Å²) in [6.45, 7) is 10.6. The van der Waals surface area contributed by atoms with Gasteiger partial charge in [-0.25, -0.2) is 9.97 Å². The third kappa shape index (κ3) is 7.52. The summed E-state index contributed by atoms with van der Waals surface area (Å²) in [5, 5.41) is 9.45. The summed E-state index contributed by atoms with van der Waals surface area (Å²) in [6, 6.07) is 11.8. The van der Waals surface area contributed by atoms with Gasteiger partial charge in [-0.15, -0.1) is 0 Å². The zero-order chi connectivity index (χ0) is 28.6. The van der Waals surface area contributed by atoms with Gasteiger partial charge in [0, 0.05) is 44.5 Å². The van der Waals surface area contributed by atoms with Crippen molar-refractivity contribution in [1.82, 2.24) is 19.9 Å². The molecule has 0 bridgehead atoms. The quantitative estimate of drug-likeness (QED) is 0.279. The Labute approximate surface area is 242 Å². The highest BCUT2D eigenvalue weighted by Crippen LogP contribution is 2.39. The van der Waals surface area contributed by atoms with Gasteiger partial charge in [0.05, 0.1) is 24.2 Å². The number of rotatable bonds is 10. The van der Waals surface area contributed by atoms with Gasteiger partial charge in [-0.3, -0.25) is 9.69 Å².